The molecule has 0 radical (unpaired) electrons. The zero-order chi connectivity index (χ0) is 24.7. The standard InChI is InChI=1S/C23H24ClN5O4S/c1-14-4-8-18(21(27-14)23(31)29-20-9-5-15(24)13-26-20)28-22(30)17-7-6-16(34(2)32)12-19(17)33-11-3-10-25/h4-9,12-13H,3,10-11,25H2,1-2H3,(H,28,30)(H,26,29,31). The average Bonchev–Trinajstić information content (AvgIpc) is 2.81. The lowest BCUT2D eigenvalue weighted by Crippen LogP contribution is -2.21. The van der Waals surface area contributed by atoms with Crippen LogP contribution in [0.25, 0.3) is 0 Å². The second-order valence-electron chi connectivity index (χ2n) is 7.22. The first-order valence-electron chi connectivity index (χ1n) is 10.3. The molecule has 0 aliphatic carbocycles. The molecule has 0 saturated heterocycles. The first kappa shape index (κ1) is 25.3. The summed E-state index contributed by atoms with van der Waals surface area (Å²) < 4.78 is 17.6. The summed E-state index contributed by atoms with van der Waals surface area (Å²) >= 11 is 5.84. The van der Waals surface area contributed by atoms with Gasteiger partial charge in [-0.3, -0.25) is 13.8 Å². The highest BCUT2D eigenvalue weighted by Gasteiger charge is 2.20. The van der Waals surface area contributed by atoms with E-state index in [1.54, 1.807) is 43.3 Å². The third-order valence-electron chi connectivity index (χ3n) is 4.60. The van der Waals surface area contributed by atoms with Crippen LogP contribution in [0.15, 0.2) is 53.6 Å². The van der Waals surface area contributed by atoms with Gasteiger partial charge in [0.2, 0.25) is 0 Å². The van der Waals surface area contributed by atoms with Crippen molar-refractivity contribution in [1.29, 1.82) is 0 Å². The Morgan fingerprint density at radius 3 is 2.59 bits per heavy atom. The topological polar surface area (TPSA) is 136 Å². The molecule has 3 rings (SSSR count). The Morgan fingerprint density at radius 1 is 1.12 bits per heavy atom. The number of carbonyl (C=O) groups excluding carboxylic acids is 2. The molecule has 0 aliphatic heterocycles. The van der Waals surface area contributed by atoms with E-state index in [-0.39, 0.29) is 28.5 Å². The van der Waals surface area contributed by atoms with Gasteiger partial charge >= 0.3 is 0 Å². The molecule has 2 aromatic heterocycles. The Hall–Kier alpha value is -3.34. The van der Waals surface area contributed by atoms with Crippen LogP contribution in [0, 0.1) is 6.92 Å². The zero-order valence-corrected chi connectivity index (χ0v) is 20.2. The smallest absolute Gasteiger partial charge is 0.277 e. The Kier molecular flexibility index (Phi) is 8.69. The van der Waals surface area contributed by atoms with Crippen molar-refractivity contribution in [1.82, 2.24) is 9.97 Å². The van der Waals surface area contributed by atoms with E-state index in [1.165, 1.54) is 18.5 Å². The molecular weight excluding hydrogens is 478 g/mol. The highest BCUT2D eigenvalue weighted by molar-refractivity contribution is 7.84. The van der Waals surface area contributed by atoms with Crippen molar-refractivity contribution < 1.29 is 18.5 Å². The van der Waals surface area contributed by atoms with Gasteiger partial charge in [0.05, 0.1) is 22.9 Å². The van der Waals surface area contributed by atoms with Gasteiger partial charge in [-0.2, -0.15) is 0 Å². The molecule has 178 valence electrons. The van der Waals surface area contributed by atoms with Crippen molar-refractivity contribution in [2.75, 3.05) is 30.0 Å². The summed E-state index contributed by atoms with van der Waals surface area (Å²) in [5, 5.41) is 5.80. The summed E-state index contributed by atoms with van der Waals surface area (Å²) in [6, 6.07) is 11.1. The number of benzene rings is 1. The van der Waals surface area contributed by atoms with Gasteiger partial charge in [-0.15, -0.1) is 0 Å². The van der Waals surface area contributed by atoms with Gasteiger partial charge in [0.15, 0.2) is 5.69 Å². The van der Waals surface area contributed by atoms with Crippen LogP contribution < -0.4 is 21.1 Å². The molecule has 34 heavy (non-hydrogen) atoms. The maximum Gasteiger partial charge on any atom is 0.277 e. The third kappa shape index (κ3) is 6.60. The van der Waals surface area contributed by atoms with Gasteiger partial charge in [0, 0.05) is 33.8 Å². The van der Waals surface area contributed by atoms with E-state index in [9.17, 15) is 13.8 Å². The number of hydrogen-bond donors (Lipinski definition) is 3. The number of aromatic nitrogens is 2. The van der Waals surface area contributed by atoms with Crippen molar-refractivity contribution in [3.63, 3.8) is 0 Å². The lowest BCUT2D eigenvalue weighted by atomic mass is 10.1. The molecule has 2 heterocycles. The molecule has 11 heteroatoms. The van der Waals surface area contributed by atoms with Crippen molar-refractivity contribution in [2.45, 2.75) is 18.2 Å². The number of ether oxygens (including phenoxy) is 1. The molecule has 0 fully saturated rings. The predicted molar refractivity (Wildman–Crippen MR) is 132 cm³/mol. The van der Waals surface area contributed by atoms with Crippen molar-refractivity contribution in [2.24, 2.45) is 5.73 Å². The maximum atomic E-state index is 13.1. The number of aryl methyl sites for hydroxylation is 1. The number of nitrogens with one attached hydrogen (secondary N) is 2. The number of nitrogens with zero attached hydrogens (tertiary/aromatic N) is 2. The number of anilines is 2. The third-order valence-corrected chi connectivity index (χ3v) is 5.74. The first-order valence-corrected chi connectivity index (χ1v) is 12.2. The van der Waals surface area contributed by atoms with Crippen LogP contribution in [0.5, 0.6) is 5.75 Å². The van der Waals surface area contributed by atoms with Crippen LogP contribution >= 0.6 is 11.6 Å². The highest BCUT2D eigenvalue weighted by Crippen LogP contribution is 2.25. The van der Waals surface area contributed by atoms with Crippen LogP contribution in [-0.2, 0) is 10.8 Å². The van der Waals surface area contributed by atoms with Crippen LogP contribution in [0.3, 0.4) is 0 Å². The van der Waals surface area contributed by atoms with E-state index in [2.05, 4.69) is 20.6 Å². The maximum absolute atomic E-state index is 13.1. The molecule has 0 bridgehead atoms. The highest BCUT2D eigenvalue weighted by atomic mass is 35.5. The number of amides is 2. The SMILES string of the molecule is Cc1ccc(NC(=O)c2ccc(S(C)=O)cc2OCCCN)c(C(=O)Nc2ccc(Cl)cn2)n1. The Bertz CT molecular complexity index is 1220. The summed E-state index contributed by atoms with van der Waals surface area (Å²) in [6.07, 6.45) is 3.53. The lowest BCUT2D eigenvalue weighted by Gasteiger charge is -2.14. The number of hydrogen-bond acceptors (Lipinski definition) is 7. The van der Waals surface area contributed by atoms with Crippen molar-refractivity contribution in [3.8, 4) is 5.75 Å². The van der Waals surface area contributed by atoms with Crippen molar-refractivity contribution in [3.05, 3.63) is 70.6 Å². The van der Waals surface area contributed by atoms with Crippen molar-refractivity contribution >= 4 is 45.7 Å². The number of pyridine rings is 2. The molecule has 0 saturated carbocycles. The van der Waals surface area contributed by atoms with Gasteiger partial charge < -0.3 is 21.1 Å². The van der Waals surface area contributed by atoms with Crippen LogP contribution in [0.1, 0.15) is 33.0 Å². The number of carbonyl (C=O) groups is 2. The summed E-state index contributed by atoms with van der Waals surface area (Å²) in [4.78, 5) is 34.9. The Labute approximate surface area is 204 Å². The fourth-order valence-corrected chi connectivity index (χ4v) is 3.54. The molecule has 0 aliphatic rings. The summed E-state index contributed by atoms with van der Waals surface area (Å²) in [7, 11) is -1.25. The minimum Gasteiger partial charge on any atom is -0.493 e. The molecule has 0 spiro atoms. The van der Waals surface area contributed by atoms with Crippen LogP contribution in [0.2, 0.25) is 5.02 Å². The number of nitrogens with two attached hydrogens (primary N) is 1. The number of halogens is 1. The molecule has 9 nitrogen and oxygen atoms in total. The molecule has 1 atom stereocenters. The summed E-state index contributed by atoms with van der Waals surface area (Å²) in [5.41, 5.74) is 6.56. The van der Waals surface area contributed by atoms with Gasteiger partial charge in [-0.05, 0) is 62.4 Å². The first-order chi connectivity index (χ1) is 16.3. The molecule has 3 aromatic rings. The molecule has 1 aromatic carbocycles. The van der Waals surface area contributed by atoms with Crippen LogP contribution in [0.4, 0.5) is 11.5 Å². The monoisotopic (exact) mass is 501 g/mol. The normalized spacial score (nSPS) is 11.5. The Morgan fingerprint density at radius 2 is 1.91 bits per heavy atom. The van der Waals surface area contributed by atoms with Gasteiger partial charge in [-0.25, -0.2) is 9.97 Å². The lowest BCUT2D eigenvalue weighted by molar-refractivity contribution is 0.102. The molecular formula is C23H24ClN5O4S. The fourth-order valence-electron chi connectivity index (χ4n) is 2.90. The second kappa shape index (κ2) is 11.7. The number of rotatable bonds is 9. The summed E-state index contributed by atoms with van der Waals surface area (Å²) in [6.45, 7) is 2.46. The zero-order valence-electron chi connectivity index (χ0n) is 18.6. The minimum absolute atomic E-state index is 0.0157. The quantitative estimate of drug-likeness (QED) is 0.382. The van der Waals surface area contributed by atoms with E-state index >= 15 is 0 Å². The average molecular weight is 502 g/mol. The summed E-state index contributed by atoms with van der Waals surface area (Å²) in [5.74, 6) is -0.505. The fraction of sp³-hybridized carbons (Fsp3) is 0.217. The minimum atomic E-state index is -1.25. The molecule has 2 amide bonds. The van der Waals surface area contributed by atoms with E-state index < -0.39 is 22.6 Å². The van der Waals surface area contributed by atoms with E-state index in [0.717, 1.165) is 0 Å². The largest absolute Gasteiger partial charge is 0.493 e. The Balaban J connectivity index is 1.87. The van der Waals surface area contributed by atoms with E-state index in [4.69, 9.17) is 22.1 Å². The molecule has 1 unspecified atom stereocenters. The van der Waals surface area contributed by atoms with Gasteiger partial charge in [0.1, 0.15) is 11.6 Å². The molecule has 4 N–H and O–H groups in total. The predicted octanol–water partition coefficient (Wildman–Crippen LogP) is 3.41. The van der Waals surface area contributed by atoms with Gasteiger partial charge in [0.25, 0.3) is 11.8 Å². The second-order valence-corrected chi connectivity index (χ2v) is 9.04. The van der Waals surface area contributed by atoms with Crippen LogP contribution in [-0.4, -0.2) is 45.4 Å². The van der Waals surface area contributed by atoms with E-state index in [1.807, 2.05) is 0 Å². The van der Waals surface area contributed by atoms with Gasteiger partial charge in [-0.1, -0.05) is 11.6 Å². The van der Waals surface area contributed by atoms with E-state index in [0.29, 0.717) is 35.2 Å².